The Morgan fingerprint density at radius 3 is 2.87 bits per heavy atom. The van der Waals surface area contributed by atoms with Crippen molar-refractivity contribution in [1.82, 2.24) is 10.2 Å². The van der Waals surface area contributed by atoms with Crippen molar-refractivity contribution in [3.05, 3.63) is 0 Å². The lowest BCUT2D eigenvalue weighted by Crippen LogP contribution is -2.51. The molecule has 2 aliphatic heterocycles. The zero-order chi connectivity index (χ0) is 10.7. The molecule has 2 saturated heterocycles. The fourth-order valence-corrected chi connectivity index (χ4v) is 2.72. The third-order valence-electron chi connectivity index (χ3n) is 3.64. The predicted molar refractivity (Wildman–Crippen MR) is 59.4 cm³/mol. The highest BCUT2D eigenvalue weighted by Gasteiger charge is 2.29. The normalized spacial score (nSPS) is 33.9. The molecule has 2 atom stereocenters. The smallest absolute Gasteiger partial charge is 0.221 e. The predicted octanol–water partition coefficient (Wildman–Crippen LogP) is -0.0643. The average molecular weight is 211 g/mol. The number of primary amides is 1. The van der Waals surface area contributed by atoms with Crippen LogP contribution in [0.3, 0.4) is 0 Å². The number of piperidine rings is 2. The van der Waals surface area contributed by atoms with Gasteiger partial charge < -0.3 is 11.1 Å². The molecule has 4 heteroatoms. The molecule has 2 unspecified atom stereocenters. The summed E-state index contributed by atoms with van der Waals surface area (Å²) in [7, 11) is 0. The van der Waals surface area contributed by atoms with Crippen molar-refractivity contribution >= 4 is 5.91 Å². The lowest BCUT2D eigenvalue weighted by atomic mass is 9.94. The minimum Gasteiger partial charge on any atom is -0.369 e. The SMILES string of the molecule is NC(=O)C1CCCN(C2CCCNC2)C1. The Morgan fingerprint density at radius 1 is 1.33 bits per heavy atom. The zero-order valence-corrected chi connectivity index (χ0v) is 9.24. The van der Waals surface area contributed by atoms with Crippen LogP contribution in [-0.2, 0) is 4.79 Å². The summed E-state index contributed by atoms with van der Waals surface area (Å²) in [6.07, 6.45) is 4.61. The summed E-state index contributed by atoms with van der Waals surface area (Å²) >= 11 is 0. The van der Waals surface area contributed by atoms with Crippen molar-refractivity contribution in [1.29, 1.82) is 0 Å². The molecule has 2 aliphatic rings. The maximum absolute atomic E-state index is 11.2. The van der Waals surface area contributed by atoms with Gasteiger partial charge in [-0.15, -0.1) is 0 Å². The van der Waals surface area contributed by atoms with Crippen LogP contribution in [0.25, 0.3) is 0 Å². The second-order valence-corrected chi connectivity index (χ2v) is 4.74. The van der Waals surface area contributed by atoms with E-state index < -0.39 is 0 Å². The van der Waals surface area contributed by atoms with Crippen LogP contribution in [0.15, 0.2) is 0 Å². The number of nitrogens with zero attached hydrogens (tertiary/aromatic N) is 1. The molecule has 2 rings (SSSR count). The van der Waals surface area contributed by atoms with E-state index in [1.807, 2.05) is 0 Å². The Kier molecular flexibility index (Phi) is 3.59. The maximum atomic E-state index is 11.2. The Hall–Kier alpha value is -0.610. The minimum atomic E-state index is -0.122. The van der Waals surface area contributed by atoms with Crippen LogP contribution in [-0.4, -0.2) is 43.0 Å². The average Bonchev–Trinajstić information content (AvgIpc) is 2.30. The van der Waals surface area contributed by atoms with Crippen molar-refractivity contribution < 1.29 is 4.79 Å². The maximum Gasteiger partial charge on any atom is 0.221 e. The molecule has 0 aromatic heterocycles. The van der Waals surface area contributed by atoms with Gasteiger partial charge in [0.2, 0.25) is 5.91 Å². The van der Waals surface area contributed by atoms with Crippen LogP contribution in [0.1, 0.15) is 25.7 Å². The van der Waals surface area contributed by atoms with Crippen molar-refractivity contribution in [2.24, 2.45) is 11.7 Å². The monoisotopic (exact) mass is 211 g/mol. The van der Waals surface area contributed by atoms with Gasteiger partial charge in [-0.25, -0.2) is 0 Å². The number of likely N-dealkylation sites (tertiary alicyclic amines) is 1. The number of hydrogen-bond donors (Lipinski definition) is 2. The largest absolute Gasteiger partial charge is 0.369 e. The quantitative estimate of drug-likeness (QED) is 0.672. The van der Waals surface area contributed by atoms with Crippen LogP contribution < -0.4 is 11.1 Å². The topological polar surface area (TPSA) is 58.4 Å². The molecule has 4 nitrogen and oxygen atoms in total. The van der Waals surface area contributed by atoms with Gasteiger partial charge in [-0.1, -0.05) is 0 Å². The van der Waals surface area contributed by atoms with E-state index in [2.05, 4.69) is 10.2 Å². The second-order valence-electron chi connectivity index (χ2n) is 4.74. The van der Waals surface area contributed by atoms with E-state index in [0.717, 1.165) is 39.0 Å². The zero-order valence-electron chi connectivity index (χ0n) is 9.24. The number of nitrogens with two attached hydrogens (primary N) is 1. The summed E-state index contributed by atoms with van der Waals surface area (Å²) in [5.41, 5.74) is 5.38. The highest BCUT2D eigenvalue weighted by molar-refractivity contribution is 5.76. The summed E-state index contributed by atoms with van der Waals surface area (Å²) in [4.78, 5) is 13.6. The molecule has 1 amide bonds. The Morgan fingerprint density at radius 2 is 2.20 bits per heavy atom. The van der Waals surface area contributed by atoms with E-state index in [-0.39, 0.29) is 11.8 Å². The van der Waals surface area contributed by atoms with Gasteiger partial charge in [-0.3, -0.25) is 9.69 Å². The number of amides is 1. The Balaban J connectivity index is 1.88. The van der Waals surface area contributed by atoms with Crippen molar-refractivity contribution in [3.63, 3.8) is 0 Å². The number of rotatable bonds is 2. The van der Waals surface area contributed by atoms with Crippen molar-refractivity contribution in [2.45, 2.75) is 31.7 Å². The Labute approximate surface area is 91.2 Å². The summed E-state index contributed by atoms with van der Waals surface area (Å²) in [6.45, 7) is 4.23. The molecule has 0 aromatic carbocycles. The standard InChI is InChI=1S/C11H21N3O/c12-11(15)9-3-2-6-14(8-9)10-4-1-5-13-7-10/h9-10,13H,1-8H2,(H2,12,15). The molecule has 0 aliphatic carbocycles. The molecular weight excluding hydrogens is 190 g/mol. The van der Waals surface area contributed by atoms with Gasteiger partial charge in [0.05, 0.1) is 5.92 Å². The van der Waals surface area contributed by atoms with Crippen molar-refractivity contribution in [3.8, 4) is 0 Å². The van der Waals surface area contributed by atoms with E-state index in [0.29, 0.717) is 6.04 Å². The van der Waals surface area contributed by atoms with Crippen LogP contribution >= 0.6 is 0 Å². The van der Waals surface area contributed by atoms with Gasteiger partial charge in [-0.05, 0) is 38.8 Å². The Bertz CT molecular complexity index is 226. The first-order valence-electron chi connectivity index (χ1n) is 6.01. The van der Waals surface area contributed by atoms with E-state index in [9.17, 15) is 4.79 Å². The second kappa shape index (κ2) is 4.94. The van der Waals surface area contributed by atoms with Gasteiger partial charge in [0.25, 0.3) is 0 Å². The molecule has 0 radical (unpaired) electrons. The number of carbonyl (C=O) groups is 1. The van der Waals surface area contributed by atoms with Crippen LogP contribution in [0.2, 0.25) is 0 Å². The lowest BCUT2D eigenvalue weighted by molar-refractivity contribution is -0.123. The van der Waals surface area contributed by atoms with Crippen LogP contribution in [0.4, 0.5) is 0 Å². The van der Waals surface area contributed by atoms with E-state index in [4.69, 9.17) is 5.73 Å². The molecule has 0 bridgehead atoms. The van der Waals surface area contributed by atoms with Crippen LogP contribution in [0.5, 0.6) is 0 Å². The number of nitrogens with one attached hydrogen (secondary N) is 1. The molecule has 2 fully saturated rings. The summed E-state index contributed by atoms with van der Waals surface area (Å²) in [5.74, 6) is -0.0378. The molecule has 15 heavy (non-hydrogen) atoms. The number of carbonyl (C=O) groups excluding carboxylic acids is 1. The molecule has 86 valence electrons. The first-order chi connectivity index (χ1) is 7.27. The van der Waals surface area contributed by atoms with Gasteiger partial charge in [0.15, 0.2) is 0 Å². The summed E-state index contributed by atoms with van der Waals surface area (Å²) in [5, 5.41) is 3.42. The first kappa shape index (κ1) is 10.9. The molecule has 0 spiro atoms. The minimum absolute atomic E-state index is 0.0840. The molecule has 2 heterocycles. The third kappa shape index (κ3) is 2.69. The lowest BCUT2D eigenvalue weighted by Gasteiger charge is -2.39. The summed E-state index contributed by atoms with van der Waals surface area (Å²) < 4.78 is 0. The molecule has 3 N–H and O–H groups in total. The summed E-state index contributed by atoms with van der Waals surface area (Å²) in [6, 6.07) is 0.626. The van der Waals surface area contributed by atoms with E-state index in [1.165, 1.54) is 12.8 Å². The molecular formula is C11H21N3O. The molecule has 0 aromatic rings. The number of hydrogen-bond acceptors (Lipinski definition) is 3. The van der Waals surface area contributed by atoms with Gasteiger partial charge >= 0.3 is 0 Å². The fourth-order valence-electron chi connectivity index (χ4n) is 2.72. The highest BCUT2D eigenvalue weighted by Crippen LogP contribution is 2.20. The van der Waals surface area contributed by atoms with Gasteiger partial charge in [-0.2, -0.15) is 0 Å². The van der Waals surface area contributed by atoms with E-state index in [1.54, 1.807) is 0 Å². The highest BCUT2D eigenvalue weighted by atomic mass is 16.1. The molecule has 0 saturated carbocycles. The third-order valence-corrected chi connectivity index (χ3v) is 3.64. The van der Waals surface area contributed by atoms with Crippen LogP contribution in [0, 0.1) is 5.92 Å². The fraction of sp³-hybridized carbons (Fsp3) is 0.909. The van der Waals surface area contributed by atoms with Gasteiger partial charge in [0.1, 0.15) is 0 Å². The first-order valence-corrected chi connectivity index (χ1v) is 6.01. The van der Waals surface area contributed by atoms with Gasteiger partial charge in [0, 0.05) is 19.1 Å². The van der Waals surface area contributed by atoms with E-state index >= 15 is 0 Å². The van der Waals surface area contributed by atoms with Crippen molar-refractivity contribution in [2.75, 3.05) is 26.2 Å².